The maximum atomic E-state index is 9.46. The van der Waals surface area contributed by atoms with Gasteiger partial charge >= 0.3 is 6.41 Å². The van der Waals surface area contributed by atoms with Crippen molar-refractivity contribution in [1.29, 1.82) is 0 Å². The van der Waals surface area contributed by atoms with Gasteiger partial charge in [0.15, 0.2) is 0 Å². The molecule has 0 spiro atoms. The van der Waals surface area contributed by atoms with Crippen LogP contribution in [0, 0.1) is 24.3 Å². The fourth-order valence-electron chi connectivity index (χ4n) is 0.267. The van der Waals surface area contributed by atoms with Gasteiger partial charge in [-0.1, -0.05) is 5.92 Å². The highest BCUT2D eigenvalue weighted by atomic mass is 16.1. The van der Waals surface area contributed by atoms with Crippen molar-refractivity contribution in [2.24, 2.45) is 0 Å². The summed E-state index contributed by atoms with van der Waals surface area (Å²) in [5.41, 5.74) is 0. The third-order valence-electron chi connectivity index (χ3n) is 0.596. The van der Waals surface area contributed by atoms with Crippen molar-refractivity contribution in [3.63, 3.8) is 0 Å². The first kappa shape index (κ1) is 7.59. The van der Waals surface area contributed by atoms with Gasteiger partial charge in [-0.15, -0.1) is 12.3 Å². The van der Waals surface area contributed by atoms with Gasteiger partial charge in [-0.05, 0) is 0 Å². The molecule has 0 saturated heterocycles. The van der Waals surface area contributed by atoms with Crippen LogP contribution in [0.3, 0.4) is 0 Å². The molecule has 0 unspecified atom stereocenters. The van der Waals surface area contributed by atoms with Crippen LogP contribution in [0.5, 0.6) is 0 Å². The van der Waals surface area contributed by atoms with Crippen LogP contribution >= 0.6 is 0 Å². The third-order valence-corrected chi connectivity index (χ3v) is 0.596. The molecule has 0 saturated carbocycles. The normalized spacial score (nSPS) is 6.11. The lowest BCUT2D eigenvalue weighted by Crippen LogP contribution is -1.98. The zero-order chi connectivity index (χ0) is 6.95. The number of amides is 1. The standard InChI is InChI=1S/C7H6NO/c1-2-3-4-5-6-8-7-9/h1H,3-4H2,(H,8,9). The molecule has 45 valence electrons. The SMILES string of the molecule is C#CCCC#CN[C]=O. The molecule has 0 aliphatic carbocycles. The lowest BCUT2D eigenvalue weighted by atomic mass is 10.3. The van der Waals surface area contributed by atoms with Crippen molar-refractivity contribution in [3.05, 3.63) is 0 Å². The second-order valence-corrected chi connectivity index (χ2v) is 1.23. The zero-order valence-corrected chi connectivity index (χ0v) is 4.90. The molecule has 2 nitrogen and oxygen atoms in total. The quantitative estimate of drug-likeness (QED) is 0.310. The van der Waals surface area contributed by atoms with E-state index in [-0.39, 0.29) is 0 Å². The van der Waals surface area contributed by atoms with Crippen molar-refractivity contribution in [2.45, 2.75) is 12.8 Å². The minimum atomic E-state index is 0.616. The Morgan fingerprint density at radius 3 is 2.78 bits per heavy atom. The average molecular weight is 120 g/mol. The van der Waals surface area contributed by atoms with E-state index in [0.29, 0.717) is 12.8 Å². The van der Waals surface area contributed by atoms with Crippen LogP contribution in [-0.2, 0) is 4.79 Å². The van der Waals surface area contributed by atoms with Crippen LogP contribution in [0.1, 0.15) is 12.8 Å². The average Bonchev–Trinajstić information content (AvgIpc) is 1.89. The van der Waals surface area contributed by atoms with E-state index in [2.05, 4.69) is 23.2 Å². The second-order valence-electron chi connectivity index (χ2n) is 1.23. The Morgan fingerprint density at radius 1 is 1.44 bits per heavy atom. The van der Waals surface area contributed by atoms with E-state index in [4.69, 9.17) is 6.42 Å². The van der Waals surface area contributed by atoms with Crippen LogP contribution in [0.15, 0.2) is 0 Å². The van der Waals surface area contributed by atoms with E-state index in [1.807, 2.05) is 0 Å². The third kappa shape index (κ3) is 6.59. The summed E-state index contributed by atoms with van der Waals surface area (Å²) in [6.45, 7) is 0. The maximum Gasteiger partial charge on any atom is 0.321 e. The fraction of sp³-hybridized carbons (Fsp3) is 0.286. The molecule has 0 fully saturated rings. The van der Waals surface area contributed by atoms with Crippen LogP contribution < -0.4 is 5.32 Å². The number of carbonyl (C=O) groups excluding carboxylic acids is 1. The van der Waals surface area contributed by atoms with Crippen molar-refractivity contribution in [1.82, 2.24) is 5.32 Å². The van der Waals surface area contributed by atoms with Gasteiger partial charge in [0.25, 0.3) is 0 Å². The monoisotopic (exact) mass is 120 g/mol. The predicted octanol–water partition coefficient (Wildman–Crippen LogP) is 0.0175. The first-order chi connectivity index (χ1) is 4.41. The van der Waals surface area contributed by atoms with E-state index in [0.717, 1.165) is 0 Å². The van der Waals surface area contributed by atoms with Crippen LogP contribution in [-0.4, -0.2) is 6.41 Å². The van der Waals surface area contributed by atoms with E-state index in [1.54, 1.807) is 0 Å². The molecular weight excluding hydrogens is 114 g/mol. The van der Waals surface area contributed by atoms with Crippen LogP contribution in [0.2, 0.25) is 0 Å². The molecule has 1 amide bonds. The lowest BCUT2D eigenvalue weighted by molar-refractivity contribution is 0.551. The Labute approximate surface area is 54.6 Å². The molecule has 2 heteroatoms. The topological polar surface area (TPSA) is 29.1 Å². The summed E-state index contributed by atoms with van der Waals surface area (Å²) in [4.78, 5) is 9.46. The Kier molecular flexibility index (Phi) is 5.56. The molecule has 1 radical (unpaired) electrons. The Morgan fingerprint density at radius 2 is 2.22 bits per heavy atom. The van der Waals surface area contributed by atoms with Gasteiger partial charge in [-0.2, -0.15) is 0 Å². The summed E-state index contributed by atoms with van der Waals surface area (Å²) >= 11 is 0. The van der Waals surface area contributed by atoms with E-state index < -0.39 is 0 Å². The summed E-state index contributed by atoms with van der Waals surface area (Å²) in [6.07, 6.45) is 7.58. The Hall–Kier alpha value is -1.41. The summed E-state index contributed by atoms with van der Waals surface area (Å²) in [5.74, 6) is 5.04. The van der Waals surface area contributed by atoms with E-state index in [9.17, 15) is 4.79 Å². The minimum Gasteiger partial charge on any atom is -0.277 e. The number of rotatable bonds is 2. The molecule has 0 aliphatic heterocycles. The highest BCUT2D eigenvalue weighted by Crippen LogP contribution is 1.79. The Bertz CT molecular complexity index is 168. The molecule has 0 aliphatic rings. The van der Waals surface area contributed by atoms with Gasteiger partial charge in [0.1, 0.15) is 0 Å². The van der Waals surface area contributed by atoms with Crippen molar-refractivity contribution in [2.75, 3.05) is 0 Å². The van der Waals surface area contributed by atoms with Gasteiger partial charge < -0.3 is 0 Å². The lowest BCUT2D eigenvalue weighted by Gasteiger charge is -1.75. The van der Waals surface area contributed by atoms with E-state index in [1.165, 1.54) is 6.41 Å². The molecule has 0 rings (SSSR count). The molecule has 1 N–H and O–H groups in total. The number of hydrogen-bond donors (Lipinski definition) is 1. The van der Waals surface area contributed by atoms with Crippen LogP contribution in [0.25, 0.3) is 0 Å². The summed E-state index contributed by atoms with van der Waals surface area (Å²) in [7, 11) is 0. The highest BCUT2D eigenvalue weighted by molar-refractivity contribution is 5.50. The number of unbranched alkanes of at least 4 members (excludes halogenated alkanes) is 1. The van der Waals surface area contributed by atoms with E-state index >= 15 is 0 Å². The summed E-state index contributed by atoms with van der Waals surface area (Å²) in [5, 5.41) is 2.07. The molecule has 0 bridgehead atoms. The largest absolute Gasteiger partial charge is 0.321 e. The molecule has 9 heavy (non-hydrogen) atoms. The second kappa shape index (κ2) is 6.59. The van der Waals surface area contributed by atoms with Crippen molar-refractivity contribution >= 4 is 6.41 Å². The van der Waals surface area contributed by atoms with Crippen molar-refractivity contribution in [3.8, 4) is 24.3 Å². The number of terminal acetylenes is 1. The first-order valence-corrected chi connectivity index (χ1v) is 2.45. The van der Waals surface area contributed by atoms with Gasteiger partial charge in [-0.25, -0.2) is 0 Å². The van der Waals surface area contributed by atoms with Crippen molar-refractivity contribution < 1.29 is 4.79 Å². The maximum absolute atomic E-state index is 9.46. The molecular formula is C7H6NO. The zero-order valence-electron chi connectivity index (χ0n) is 4.90. The highest BCUT2D eigenvalue weighted by Gasteiger charge is 1.71. The van der Waals surface area contributed by atoms with Gasteiger partial charge in [-0.3, -0.25) is 10.1 Å². The number of hydrogen-bond acceptors (Lipinski definition) is 1. The van der Waals surface area contributed by atoms with Gasteiger partial charge in [0.05, 0.1) is 0 Å². The summed E-state index contributed by atoms with van der Waals surface area (Å²) < 4.78 is 0. The predicted molar refractivity (Wildman–Crippen MR) is 34.7 cm³/mol. The van der Waals surface area contributed by atoms with Crippen LogP contribution in [0.4, 0.5) is 0 Å². The van der Waals surface area contributed by atoms with Gasteiger partial charge in [0, 0.05) is 18.9 Å². The minimum absolute atomic E-state index is 0.616. The molecule has 0 aromatic rings. The molecule has 0 aromatic carbocycles. The first-order valence-electron chi connectivity index (χ1n) is 2.45. The summed E-state index contributed by atoms with van der Waals surface area (Å²) in [6, 6.07) is 2.35. The fourth-order valence-corrected chi connectivity index (χ4v) is 0.267. The smallest absolute Gasteiger partial charge is 0.277 e. The van der Waals surface area contributed by atoms with Gasteiger partial charge in [0.2, 0.25) is 0 Å². The molecule has 0 atom stereocenters. The Balaban J connectivity index is 3.18. The molecule has 0 aromatic heterocycles. The number of nitrogens with one attached hydrogen (secondary N) is 1. The molecule has 0 heterocycles.